The van der Waals surface area contributed by atoms with Gasteiger partial charge in [-0.3, -0.25) is 0 Å². The van der Waals surface area contributed by atoms with Crippen molar-refractivity contribution in [2.24, 2.45) is 7.05 Å². The van der Waals surface area contributed by atoms with E-state index in [1.807, 2.05) is 30.2 Å². The zero-order chi connectivity index (χ0) is 14.7. The monoisotopic (exact) mass is 287 g/mol. The van der Waals surface area contributed by atoms with E-state index in [9.17, 15) is 0 Å². The highest BCUT2D eigenvalue weighted by atomic mass is 16.6. The van der Waals surface area contributed by atoms with Crippen molar-refractivity contribution in [3.8, 4) is 11.5 Å². The number of aryl methyl sites for hydroxylation is 1. The van der Waals surface area contributed by atoms with E-state index in [2.05, 4.69) is 29.4 Å². The highest BCUT2D eigenvalue weighted by Crippen LogP contribution is 2.34. The Bertz CT molecular complexity index is 609. The minimum absolute atomic E-state index is 0.0713. The summed E-state index contributed by atoms with van der Waals surface area (Å²) in [5.41, 5.74) is 2.16. The molecule has 5 nitrogen and oxygen atoms in total. The van der Waals surface area contributed by atoms with Gasteiger partial charge in [0.25, 0.3) is 0 Å². The number of ether oxygens (including phenoxy) is 2. The summed E-state index contributed by atoms with van der Waals surface area (Å²) in [5, 5.41) is 3.55. The number of hydrogen-bond donors (Lipinski definition) is 1. The summed E-state index contributed by atoms with van der Waals surface area (Å²) < 4.78 is 13.2. The van der Waals surface area contributed by atoms with Gasteiger partial charge in [0.1, 0.15) is 13.2 Å². The smallest absolute Gasteiger partial charge is 0.161 e. The Balaban J connectivity index is 1.92. The number of fused-ring (bicyclic) bond motifs is 1. The van der Waals surface area contributed by atoms with Crippen LogP contribution in [0.15, 0.2) is 30.7 Å². The van der Waals surface area contributed by atoms with Gasteiger partial charge in [-0.15, -0.1) is 0 Å². The van der Waals surface area contributed by atoms with Gasteiger partial charge in [0, 0.05) is 13.2 Å². The van der Waals surface area contributed by atoms with E-state index in [1.54, 1.807) is 0 Å². The standard InChI is InChI=1S/C16H21N3O2/c1-3-6-17-16(13-10-19(2)11-18-13)12-4-5-14-15(9-12)21-8-7-20-14/h4-5,9-11,16-17H,3,6-8H2,1-2H3. The maximum atomic E-state index is 5.68. The lowest BCUT2D eigenvalue weighted by Crippen LogP contribution is -2.24. The van der Waals surface area contributed by atoms with Crippen molar-refractivity contribution in [2.45, 2.75) is 19.4 Å². The molecule has 112 valence electrons. The van der Waals surface area contributed by atoms with Gasteiger partial charge in [0.2, 0.25) is 0 Å². The molecule has 5 heteroatoms. The van der Waals surface area contributed by atoms with Crippen LogP contribution in [0, 0.1) is 0 Å². The number of nitrogens with one attached hydrogen (secondary N) is 1. The molecule has 2 heterocycles. The van der Waals surface area contributed by atoms with E-state index in [0.717, 1.165) is 35.7 Å². The number of aromatic nitrogens is 2. The zero-order valence-electron chi connectivity index (χ0n) is 12.5. The van der Waals surface area contributed by atoms with Crippen LogP contribution in [0.3, 0.4) is 0 Å². The Kier molecular flexibility index (Phi) is 4.10. The molecule has 0 spiro atoms. The first kappa shape index (κ1) is 13.9. The number of nitrogens with zero attached hydrogens (tertiary/aromatic N) is 2. The molecular formula is C16H21N3O2. The quantitative estimate of drug-likeness (QED) is 0.916. The molecule has 1 aliphatic heterocycles. The fourth-order valence-corrected chi connectivity index (χ4v) is 2.50. The molecular weight excluding hydrogens is 266 g/mol. The van der Waals surface area contributed by atoms with Gasteiger partial charge < -0.3 is 19.4 Å². The summed E-state index contributed by atoms with van der Waals surface area (Å²) in [5.74, 6) is 1.64. The van der Waals surface area contributed by atoms with Crippen molar-refractivity contribution in [1.29, 1.82) is 0 Å². The third-order valence-corrected chi connectivity index (χ3v) is 3.52. The van der Waals surface area contributed by atoms with Gasteiger partial charge in [0.15, 0.2) is 11.5 Å². The maximum absolute atomic E-state index is 5.68. The second-order valence-corrected chi connectivity index (χ2v) is 5.25. The average molecular weight is 287 g/mol. The molecule has 1 aromatic carbocycles. The Labute approximate surface area is 124 Å². The Morgan fingerprint density at radius 3 is 2.81 bits per heavy atom. The van der Waals surface area contributed by atoms with Gasteiger partial charge in [-0.1, -0.05) is 13.0 Å². The maximum Gasteiger partial charge on any atom is 0.161 e. The highest BCUT2D eigenvalue weighted by molar-refractivity contribution is 5.46. The van der Waals surface area contributed by atoms with Crippen LogP contribution in [0.2, 0.25) is 0 Å². The number of imidazole rings is 1. The zero-order valence-corrected chi connectivity index (χ0v) is 12.5. The first-order valence-electron chi connectivity index (χ1n) is 7.38. The highest BCUT2D eigenvalue weighted by Gasteiger charge is 2.19. The first-order valence-corrected chi connectivity index (χ1v) is 7.38. The van der Waals surface area contributed by atoms with Crippen molar-refractivity contribution in [2.75, 3.05) is 19.8 Å². The fraction of sp³-hybridized carbons (Fsp3) is 0.438. The van der Waals surface area contributed by atoms with Gasteiger partial charge >= 0.3 is 0 Å². The molecule has 0 bridgehead atoms. The molecule has 0 radical (unpaired) electrons. The van der Waals surface area contributed by atoms with Crippen molar-refractivity contribution in [3.05, 3.63) is 42.0 Å². The molecule has 0 amide bonds. The molecule has 1 aliphatic rings. The molecule has 0 saturated carbocycles. The van der Waals surface area contributed by atoms with Crippen molar-refractivity contribution < 1.29 is 9.47 Å². The Hall–Kier alpha value is -2.01. The van der Waals surface area contributed by atoms with E-state index >= 15 is 0 Å². The van der Waals surface area contributed by atoms with Gasteiger partial charge in [-0.2, -0.15) is 0 Å². The van der Waals surface area contributed by atoms with Crippen LogP contribution < -0.4 is 14.8 Å². The largest absolute Gasteiger partial charge is 0.486 e. The third kappa shape index (κ3) is 3.03. The third-order valence-electron chi connectivity index (χ3n) is 3.52. The second-order valence-electron chi connectivity index (χ2n) is 5.25. The van der Waals surface area contributed by atoms with Crippen LogP contribution in [-0.4, -0.2) is 29.3 Å². The molecule has 3 rings (SSSR count). The number of rotatable bonds is 5. The lowest BCUT2D eigenvalue weighted by atomic mass is 10.0. The molecule has 2 aromatic rings. The van der Waals surface area contributed by atoms with Crippen molar-refractivity contribution in [3.63, 3.8) is 0 Å². The van der Waals surface area contributed by atoms with Crippen LogP contribution in [0.4, 0.5) is 0 Å². The summed E-state index contributed by atoms with van der Waals surface area (Å²) in [6, 6.07) is 6.18. The molecule has 0 saturated heterocycles. The van der Waals surface area contributed by atoms with E-state index < -0.39 is 0 Å². The minimum Gasteiger partial charge on any atom is -0.486 e. The average Bonchev–Trinajstić information content (AvgIpc) is 2.94. The molecule has 1 N–H and O–H groups in total. The molecule has 1 unspecified atom stereocenters. The number of benzene rings is 1. The second kappa shape index (κ2) is 6.18. The topological polar surface area (TPSA) is 48.3 Å². The summed E-state index contributed by atoms with van der Waals surface area (Å²) >= 11 is 0. The number of hydrogen-bond acceptors (Lipinski definition) is 4. The SMILES string of the molecule is CCCNC(c1ccc2c(c1)OCCO2)c1cn(C)cn1. The van der Waals surface area contributed by atoms with E-state index in [0.29, 0.717) is 13.2 Å². The molecule has 1 aromatic heterocycles. The molecule has 21 heavy (non-hydrogen) atoms. The van der Waals surface area contributed by atoms with E-state index in [4.69, 9.17) is 9.47 Å². The summed E-state index contributed by atoms with van der Waals surface area (Å²) in [7, 11) is 1.98. The summed E-state index contributed by atoms with van der Waals surface area (Å²) in [6.07, 6.45) is 4.95. The first-order chi connectivity index (χ1) is 10.3. The lowest BCUT2D eigenvalue weighted by molar-refractivity contribution is 0.171. The van der Waals surface area contributed by atoms with E-state index in [-0.39, 0.29) is 6.04 Å². The van der Waals surface area contributed by atoms with Crippen LogP contribution >= 0.6 is 0 Å². The van der Waals surface area contributed by atoms with Crippen molar-refractivity contribution >= 4 is 0 Å². The Morgan fingerprint density at radius 1 is 1.29 bits per heavy atom. The van der Waals surface area contributed by atoms with Crippen LogP contribution in [0.25, 0.3) is 0 Å². The predicted octanol–water partition coefficient (Wildman–Crippen LogP) is 2.28. The van der Waals surface area contributed by atoms with Crippen LogP contribution in [-0.2, 0) is 7.05 Å². The lowest BCUT2D eigenvalue weighted by Gasteiger charge is -2.22. The molecule has 1 atom stereocenters. The predicted molar refractivity (Wildman–Crippen MR) is 80.8 cm³/mol. The van der Waals surface area contributed by atoms with Gasteiger partial charge in [-0.25, -0.2) is 4.98 Å². The fourth-order valence-electron chi connectivity index (χ4n) is 2.50. The Morgan fingerprint density at radius 2 is 2.10 bits per heavy atom. The summed E-state index contributed by atoms with van der Waals surface area (Å²) in [6.45, 7) is 4.32. The molecule has 0 aliphatic carbocycles. The normalized spacial score (nSPS) is 15.0. The van der Waals surface area contributed by atoms with Gasteiger partial charge in [0.05, 0.1) is 18.1 Å². The van der Waals surface area contributed by atoms with Gasteiger partial charge in [-0.05, 0) is 30.7 Å². The minimum atomic E-state index is 0.0713. The van der Waals surface area contributed by atoms with E-state index in [1.165, 1.54) is 0 Å². The van der Waals surface area contributed by atoms with Crippen LogP contribution in [0.1, 0.15) is 30.6 Å². The van der Waals surface area contributed by atoms with Crippen molar-refractivity contribution in [1.82, 2.24) is 14.9 Å². The molecule has 0 fully saturated rings. The van der Waals surface area contributed by atoms with Crippen LogP contribution in [0.5, 0.6) is 11.5 Å². The summed E-state index contributed by atoms with van der Waals surface area (Å²) in [4.78, 5) is 4.49.